The molecule has 102 valence electrons. The molecule has 0 saturated carbocycles. The van der Waals surface area contributed by atoms with Crippen LogP contribution >= 0.6 is 23.2 Å². The number of nitrogens with zero attached hydrogens (tertiary/aromatic N) is 1. The lowest BCUT2D eigenvalue weighted by atomic mass is 10.1. The Morgan fingerprint density at radius 3 is 2.63 bits per heavy atom. The fraction of sp³-hybridized carbons (Fsp3) is 0.357. The van der Waals surface area contributed by atoms with Crippen LogP contribution in [0.1, 0.15) is 24.6 Å². The summed E-state index contributed by atoms with van der Waals surface area (Å²) in [4.78, 5) is 4.43. The zero-order valence-electron chi connectivity index (χ0n) is 11.1. The van der Waals surface area contributed by atoms with Crippen molar-refractivity contribution < 1.29 is 4.39 Å². The zero-order valence-corrected chi connectivity index (χ0v) is 12.6. The van der Waals surface area contributed by atoms with E-state index in [2.05, 4.69) is 17.2 Å². The number of rotatable bonds is 3. The third-order valence-electron chi connectivity index (χ3n) is 3.15. The van der Waals surface area contributed by atoms with Gasteiger partial charge >= 0.3 is 0 Å². The molecule has 2 nitrogen and oxygen atoms in total. The van der Waals surface area contributed by atoms with E-state index in [1.807, 2.05) is 13.8 Å². The monoisotopic (exact) mass is 300 g/mol. The van der Waals surface area contributed by atoms with Gasteiger partial charge in [0.1, 0.15) is 0 Å². The molecule has 0 radical (unpaired) electrons. The van der Waals surface area contributed by atoms with Gasteiger partial charge in [0.05, 0.1) is 15.6 Å². The standard InChI is InChI=1S/C14H15Cl2FN2/c1-4-5-18-14-7(2)8(3)19-10-6-9(15)13(17)12(16)11(10)14/h6H,4-5H2,1-3H3,(H,18,19). The summed E-state index contributed by atoms with van der Waals surface area (Å²) in [5.74, 6) is -0.597. The Bertz CT molecular complexity index is 636. The highest BCUT2D eigenvalue weighted by Crippen LogP contribution is 2.37. The van der Waals surface area contributed by atoms with Gasteiger partial charge in [-0.25, -0.2) is 4.39 Å². The van der Waals surface area contributed by atoms with Crippen molar-refractivity contribution in [3.05, 3.63) is 33.2 Å². The third kappa shape index (κ3) is 2.49. The number of nitrogens with one attached hydrogen (secondary N) is 1. The third-order valence-corrected chi connectivity index (χ3v) is 3.78. The predicted octanol–water partition coefficient (Wildman–Crippen LogP) is 5.12. The Morgan fingerprint density at radius 1 is 1.32 bits per heavy atom. The molecule has 0 bridgehead atoms. The summed E-state index contributed by atoms with van der Waals surface area (Å²) in [5.41, 5.74) is 3.30. The topological polar surface area (TPSA) is 24.9 Å². The van der Waals surface area contributed by atoms with E-state index in [1.165, 1.54) is 6.07 Å². The predicted molar refractivity (Wildman–Crippen MR) is 80.0 cm³/mol. The van der Waals surface area contributed by atoms with Crippen molar-refractivity contribution >= 4 is 39.8 Å². The zero-order chi connectivity index (χ0) is 14.2. The van der Waals surface area contributed by atoms with Crippen LogP contribution in [0.3, 0.4) is 0 Å². The van der Waals surface area contributed by atoms with Crippen molar-refractivity contribution in [1.82, 2.24) is 4.98 Å². The molecule has 0 atom stereocenters. The molecular weight excluding hydrogens is 286 g/mol. The van der Waals surface area contributed by atoms with Crippen LogP contribution in [0.2, 0.25) is 10.0 Å². The number of benzene rings is 1. The van der Waals surface area contributed by atoms with Gasteiger partial charge in [0.15, 0.2) is 5.82 Å². The number of anilines is 1. The minimum atomic E-state index is -0.597. The molecule has 0 aliphatic heterocycles. The Balaban J connectivity index is 2.82. The number of pyridine rings is 1. The lowest BCUT2D eigenvalue weighted by Crippen LogP contribution is -2.05. The molecule has 2 rings (SSSR count). The molecule has 5 heteroatoms. The highest BCUT2D eigenvalue weighted by Gasteiger charge is 2.17. The summed E-state index contributed by atoms with van der Waals surface area (Å²) in [5, 5.41) is 3.92. The molecule has 1 aromatic heterocycles. The summed E-state index contributed by atoms with van der Waals surface area (Å²) in [6.45, 7) is 6.72. The van der Waals surface area contributed by atoms with Crippen LogP contribution in [0, 0.1) is 19.7 Å². The average molecular weight is 301 g/mol. The number of halogens is 3. The van der Waals surface area contributed by atoms with Crippen molar-refractivity contribution in [3.63, 3.8) is 0 Å². The van der Waals surface area contributed by atoms with Crippen LogP contribution in [0.5, 0.6) is 0 Å². The quantitative estimate of drug-likeness (QED) is 0.796. The molecule has 0 saturated heterocycles. The maximum absolute atomic E-state index is 13.9. The van der Waals surface area contributed by atoms with Crippen molar-refractivity contribution in [3.8, 4) is 0 Å². The van der Waals surface area contributed by atoms with Crippen LogP contribution < -0.4 is 5.32 Å². The van der Waals surface area contributed by atoms with E-state index in [4.69, 9.17) is 23.2 Å². The SMILES string of the molecule is CCCNc1c(C)c(C)nc2cc(Cl)c(F)c(Cl)c12. The summed E-state index contributed by atoms with van der Waals surface area (Å²) in [6, 6.07) is 1.52. The van der Waals surface area contributed by atoms with Gasteiger partial charge in [-0.15, -0.1) is 0 Å². The smallest absolute Gasteiger partial charge is 0.161 e. The number of aryl methyl sites for hydroxylation is 1. The van der Waals surface area contributed by atoms with E-state index in [-0.39, 0.29) is 10.0 Å². The van der Waals surface area contributed by atoms with Gasteiger partial charge in [-0.1, -0.05) is 30.1 Å². The summed E-state index contributed by atoms with van der Waals surface area (Å²) < 4.78 is 13.9. The Morgan fingerprint density at radius 2 is 2.00 bits per heavy atom. The molecule has 19 heavy (non-hydrogen) atoms. The first-order valence-electron chi connectivity index (χ1n) is 6.15. The molecule has 0 spiro atoms. The lowest BCUT2D eigenvalue weighted by molar-refractivity contribution is 0.630. The molecule has 0 unspecified atom stereocenters. The lowest BCUT2D eigenvalue weighted by Gasteiger charge is -2.16. The van der Waals surface area contributed by atoms with Gasteiger partial charge in [0.25, 0.3) is 0 Å². The van der Waals surface area contributed by atoms with Crippen molar-refractivity contribution in [2.45, 2.75) is 27.2 Å². The molecular formula is C14H15Cl2FN2. The van der Waals surface area contributed by atoms with Crippen LogP contribution in [-0.4, -0.2) is 11.5 Å². The molecule has 1 N–H and O–H groups in total. The van der Waals surface area contributed by atoms with E-state index < -0.39 is 5.82 Å². The maximum atomic E-state index is 13.9. The van der Waals surface area contributed by atoms with Gasteiger partial charge in [-0.05, 0) is 31.9 Å². The second kappa shape index (κ2) is 5.51. The van der Waals surface area contributed by atoms with E-state index in [9.17, 15) is 4.39 Å². The number of fused-ring (bicyclic) bond motifs is 1. The van der Waals surface area contributed by atoms with E-state index in [0.717, 1.165) is 29.9 Å². The first kappa shape index (κ1) is 14.4. The average Bonchev–Trinajstić information content (AvgIpc) is 2.37. The van der Waals surface area contributed by atoms with Crippen LogP contribution in [0.4, 0.5) is 10.1 Å². The highest BCUT2D eigenvalue weighted by molar-refractivity contribution is 6.39. The van der Waals surface area contributed by atoms with Crippen molar-refractivity contribution in [2.24, 2.45) is 0 Å². The minimum absolute atomic E-state index is 0.00491. The highest BCUT2D eigenvalue weighted by atomic mass is 35.5. The first-order chi connectivity index (χ1) is 8.97. The molecule has 0 amide bonds. The molecule has 1 aromatic carbocycles. The minimum Gasteiger partial charge on any atom is -0.384 e. The fourth-order valence-electron chi connectivity index (χ4n) is 2.01. The molecule has 1 heterocycles. The fourth-order valence-corrected chi connectivity index (χ4v) is 2.55. The van der Waals surface area contributed by atoms with E-state index >= 15 is 0 Å². The second-order valence-electron chi connectivity index (χ2n) is 4.50. The molecule has 0 aliphatic carbocycles. The Hall–Kier alpha value is -1.06. The Labute approximate surface area is 121 Å². The maximum Gasteiger partial charge on any atom is 0.161 e. The van der Waals surface area contributed by atoms with E-state index in [1.54, 1.807) is 0 Å². The van der Waals surface area contributed by atoms with E-state index in [0.29, 0.717) is 10.9 Å². The number of aromatic nitrogens is 1. The first-order valence-corrected chi connectivity index (χ1v) is 6.91. The Kier molecular flexibility index (Phi) is 4.16. The van der Waals surface area contributed by atoms with Crippen LogP contribution in [0.25, 0.3) is 10.9 Å². The summed E-state index contributed by atoms with van der Waals surface area (Å²) in [6.07, 6.45) is 0.968. The van der Waals surface area contributed by atoms with Crippen LogP contribution in [0.15, 0.2) is 6.07 Å². The van der Waals surface area contributed by atoms with Gasteiger partial charge in [0, 0.05) is 23.3 Å². The second-order valence-corrected chi connectivity index (χ2v) is 5.29. The largest absolute Gasteiger partial charge is 0.384 e. The van der Waals surface area contributed by atoms with Crippen molar-refractivity contribution in [1.29, 1.82) is 0 Å². The molecule has 0 fully saturated rings. The van der Waals surface area contributed by atoms with Crippen molar-refractivity contribution in [2.75, 3.05) is 11.9 Å². The molecule has 0 aliphatic rings. The van der Waals surface area contributed by atoms with Crippen LogP contribution in [-0.2, 0) is 0 Å². The summed E-state index contributed by atoms with van der Waals surface area (Å²) >= 11 is 11.9. The number of hydrogen-bond acceptors (Lipinski definition) is 2. The van der Waals surface area contributed by atoms with Gasteiger partial charge in [-0.3, -0.25) is 4.98 Å². The van der Waals surface area contributed by atoms with Gasteiger partial charge in [-0.2, -0.15) is 0 Å². The summed E-state index contributed by atoms with van der Waals surface area (Å²) in [7, 11) is 0. The number of hydrogen-bond donors (Lipinski definition) is 1. The normalized spacial score (nSPS) is 11.1. The van der Waals surface area contributed by atoms with Gasteiger partial charge in [0.2, 0.25) is 0 Å². The van der Waals surface area contributed by atoms with Gasteiger partial charge < -0.3 is 5.32 Å². The molecule has 2 aromatic rings.